The minimum Gasteiger partial charge on any atom is -0.462 e. The van der Waals surface area contributed by atoms with Crippen LogP contribution in [-0.2, 0) is 14.3 Å². The first-order valence-electron chi connectivity index (χ1n) is 9.40. The summed E-state index contributed by atoms with van der Waals surface area (Å²) in [5, 5.41) is 3.95. The Bertz CT molecular complexity index is 834. The number of allylic oxidation sites excluding steroid dienone is 3. The average Bonchev–Trinajstić information content (AvgIpc) is 2.58. The van der Waals surface area contributed by atoms with Crippen LogP contribution in [0.15, 0.2) is 46.8 Å². The second-order valence-electron chi connectivity index (χ2n) is 8.12. The Morgan fingerprint density at radius 1 is 1.26 bits per heavy atom. The van der Waals surface area contributed by atoms with Crippen LogP contribution in [0.25, 0.3) is 0 Å². The lowest BCUT2D eigenvalue weighted by Gasteiger charge is -2.39. The van der Waals surface area contributed by atoms with Crippen molar-refractivity contribution in [1.82, 2.24) is 5.32 Å². The van der Waals surface area contributed by atoms with Crippen molar-refractivity contribution >= 4 is 23.4 Å². The van der Waals surface area contributed by atoms with Gasteiger partial charge in [0, 0.05) is 34.3 Å². The van der Waals surface area contributed by atoms with E-state index in [4.69, 9.17) is 16.3 Å². The summed E-state index contributed by atoms with van der Waals surface area (Å²) in [7, 11) is 0. The van der Waals surface area contributed by atoms with Gasteiger partial charge in [0.05, 0.1) is 12.2 Å². The third kappa shape index (κ3) is 3.96. The molecule has 1 aliphatic carbocycles. The molecule has 0 fully saturated rings. The fraction of sp³-hybridized carbons (Fsp3) is 0.455. The van der Waals surface area contributed by atoms with Gasteiger partial charge in [0.15, 0.2) is 5.78 Å². The Labute approximate surface area is 165 Å². The molecule has 1 atom stereocenters. The largest absolute Gasteiger partial charge is 0.462 e. The molecule has 27 heavy (non-hydrogen) atoms. The summed E-state index contributed by atoms with van der Waals surface area (Å²) in [4.78, 5) is 25.9. The van der Waals surface area contributed by atoms with E-state index in [0.29, 0.717) is 29.2 Å². The zero-order valence-electron chi connectivity index (χ0n) is 16.3. The second-order valence-corrected chi connectivity index (χ2v) is 8.55. The molecule has 0 amide bonds. The number of dihydropyridines is 1. The summed E-state index contributed by atoms with van der Waals surface area (Å²) in [6.45, 7) is 8.38. The summed E-state index contributed by atoms with van der Waals surface area (Å²) >= 11 is 6.06. The number of hydrogen-bond acceptors (Lipinski definition) is 4. The molecule has 1 aromatic rings. The molecule has 0 saturated carbocycles. The topological polar surface area (TPSA) is 55.4 Å². The number of rotatable bonds is 4. The number of ketones is 1. The van der Waals surface area contributed by atoms with E-state index in [-0.39, 0.29) is 17.2 Å². The number of hydrogen-bond donors (Lipinski definition) is 1. The molecule has 2 aliphatic rings. The molecule has 1 N–H and O–H groups in total. The van der Waals surface area contributed by atoms with Crippen molar-refractivity contribution in [3.8, 4) is 0 Å². The summed E-state index contributed by atoms with van der Waals surface area (Å²) < 4.78 is 5.44. The van der Waals surface area contributed by atoms with Gasteiger partial charge in [0.25, 0.3) is 0 Å². The Balaban J connectivity index is 2.12. The molecule has 1 unspecified atom stereocenters. The van der Waals surface area contributed by atoms with Gasteiger partial charge in [-0.15, -0.1) is 0 Å². The summed E-state index contributed by atoms with van der Waals surface area (Å²) in [6, 6.07) is 7.36. The van der Waals surface area contributed by atoms with Crippen molar-refractivity contribution < 1.29 is 14.3 Å². The highest BCUT2D eigenvalue weighted by Crippen LogP contribution is 2.46. The molecule has 5 heteroatoms. The van der Waals surface area contributed by atoms with Crippen LogP contribution in [0.4, 0.5) is 0 Å². The first-order chi connectivity index (χ1) is 12.7. The molecule has 144 valence electrons. The number of benzene rings is 1. The number of carbonyl (C=O) groups excluding carboxylic acids is 2. The predicted molar refractivity (Wildman–Crippen MR) is 106 cm³/mol. The third-order valence-corrected chi connectivity index (χ3v) is 5.35. The van der Waals surface area contributed by atoms with Gasteiger partial charge in [-0.1, -0.05) is 44.5 Å². The van der Waals surface area contributed by atoms with Crippen LogP contribution in [0.5, 0.6) is 0 Å². The van der Waals surface area contributed by atoms with E-state index in [1.54, 1.807) is 12.1 Å². The van der Waals surface area contributed by atoms with E-state index in [2.05, 4.69) is 19.2 Å². The van der Waals surface area contributed by atoms with Gasteiger partial charge in [0.1, 0.15) is 0 Å². The van der Waals surface area contributed by atoms with Crippen molar-refractivity contribution in [2.75, 3.05) is 6.61 Å². The minimum absolute atomic E-state index is 0.0852. The highest BCUT2D eigenvalue weighted by molar-refractivity contribution is 6.30. The van der Waals surface area contributed by atoms with Gasteiger partial charge >= 0.3 is 5.97 Å². The molecule has 0 saturated heterocycles. The van der Waals surface area contributed by atoms with E-state index in [9.17, 15) is 9.59 Å². The van der Waals surface area contributed by atoms with Gasteiger partial charge in [-0.25, -0.2) is 4.79 Å². The fourth-order valence-electron chi connectivity index (χ4n) is 3.97. The van der Waals surface area contributed by atoms with E-state index in [1.807, 2.05) is 26.0 Å². The third-order valence-electron chi connectivity index (χ3n) is 5.10. The van der Waals surface area contributed by atoms with E-state index >= 15 is 0 Å². The van der Waals surface area contributed by atoms with Crippen molar-refractivity contribution in [1.29, 1.82) is 0 Å². The van der Waals surface area contributed by atoms with Crippen LogP contribution < -0.4 is 5.32 Å². The molecular weight excluding hydrogens is 362 g/mol. The SMILES string of the molecule is CCCOC(=O)C1=C(C)NC2=C(C(=O)CC(C)(C)C2)C1c1ccc(Cl)cc1. The molecule has 0 radical (unpaired) electrons. The first-order valence-corrected chi connectivity index (χ1v) is 9.78. The van der Waals surface area contributed by atoms with Crippen molar-refractivity contribution in [3.63, 3.8) is 0 Å². The smallest absolute Gasteiger partial charge is 0.336 e. The molecule has 3 rings (SSSR count). The molecule has 4 nitrogen and oxygen atoms in total. The zero-order valence-corrected chi connectivity index (χ0v) is 17.1. The van der Waals surface area contributed by atoms with Crippen LogP contribution >= 0.6 is 11.6 Å². The van der Waals surface area contributed by atoms with Crippen LogP contribution in [0.2, 0.25) is 5.02 Å². The molecule has 0 bridgehead atoms. The van der Waals surface area contributed by atoms with Crippen molar-refractivity contribution in [3.05, 3.63) is 57.4 Å². The van der Waals surface area contributed by atoms with Crippen LogP contribution in [0, 0.1) is 5.41 Å². The molecular formula is C22H26ClNO3. The van der Waals surface area contributed by atoms with Crippen molar-refractivity contribution in [2.45, 2.75) is 52.9 Å². The maximum Gasteiger partial charge on any atom is 0.336 e. The number of nitrogens with one attached hydrogen (secondary N) is 1. The monoisotopic (exact) mass is 387 g/mol. The Kier molecular flexibility index (Phi) is 5.48. The van der Waals surface area contributed by atoms with Crippen LogP contribution in [0.3, 0.4) is 0 Å². The average molecular weight is 388 g/mol. The zero-order chi connectivity index (χ0) is 19.8. The van der Waals surface area contributed by atoms with Gasteiger partial charge in [-0.2, -0.15) is 0 Å². The van der Waals surface area contributed by atoms with Gasteiger partial charge in [0.2, 0.25) is 0 Å². The number of carbonyl (C=O) groups is 2. The van der Waals surface area contributed by atoms with E-state index < -0.39 is 5.92 Å². The lowest BCUT2D eigenvalue weighted by Crippen LogP contribution is -2.38. The lowest BCUT2D eigenvalue weighted by molar-refractivity contribution is -0.139. The molecule has 0 spiro atoms. The molecule has 1 aromatic carbocycles. The lowest BCUT2D eigenvalue weighted by atomic mass is 9.68. The first kappa shape index (κ1) is 19.7. The number of halogens is 1. The van der Waals surface area contributed by atoms with Crippen LogP contribution in [-0.4, -0.2) is 18.4 Å². The van der Waals surface area contributed by atoms with E-state index in [1.165, 1.54) is 0 Å². The van der Waals surface area contributed by atoms with E-state index in [0.717, 1.165) is 29.8 Å². The molecule has 1 aliphatic heterocycles. The number of Topliss-reactive ketones (excluding diaryl/α,β-unsaturated/α-hetero) is 1. The standard InChI is InChI=1S/C22H26ClNO3/c1-5-10-27-21(26)18-13(2)24-16-11-22(3,4)12-17(25)20(16)19(18)14-6-8-15(23)9-7-14/h6-9,19,24H,5,10-12H2,1-4H3. The fourth-order valence-corrected chi connectivity index (χ4v) is 4.09. The van der Waals surface area contributed by atoms with Gasteiger partial charge in [-0.3, -0.25) is 4.79 Å². The van der Waals surface area contributed by atoms with Gasteiger partial charge < -0.3 is 10.1 Å². The summed E-state index contributed by atoms with van der Waals surface area (Å²) in [5.74, 6) is -0.709. The summed E-state index contributed by atoms with van der Waals surface area (Å²) in [5.41, 5.74) is 3.64. The summed E-state index contributed by atoms with van der Waals surface area (Å²) in [6.07, 6.45) is 1.99. The van der Waals surface area contributed by atoms with Crippen molar-refractivity contribution in [2.24, 2.45) is 5.41 Å². The predicted octanol–water partition coefficient (Wildman–Crippen LogP) is 4.90. The van der Waals surface area contributed by atoms with Gasteiger partial charge in [-0.05, 0) is 42.9 Å². The Hall–Kier alpha value is -2.07. The second kappa shape index (κ2) is 7.51. The number of esters is 1. The molecule has 0 aromatic heterocycles. The van der Waals surface area contributed by atoms with Crippen LogP contribution in [0.1, 0.15) is 58.4 Å². The Morgan fingerprint density at radius 2 is 1.93 bits per heavy atom. The molecule has 1 heterocycles. The minimum atomic E-state index is -0.425. The quantitative estimate of drug-likeness (QED) is 0.747. The maximum atomic E-state index is 13.1. The Morgan fingerprint density at radius 3 is 2.56 bits per heavy atom. The highest BCUT2D eigenvalue weighted by Gasteiger charge is 2.43. The maximum absolute atomic E-state index is 13.1. The number of ether oxygens (including phenoxy) is 1. The highest BCUT2D eigenvalue weighted by atomic mass is 35.5. The normalized spacial score (nSPS) is 21.7.